The predicted molar refractivity (Wildman–Crippen MR) is 214 cm³/mol. The molecule has 6 N–H and O–H groups in total. The number of amides is 4. The summed E-state index contributed by atoms with van der Waals surface area (Å²) in [4.78, 5) is 99.5. The summed E-state index contributed by atoms with van der Waals surface area (Å²) in [6, 6.07) is 28.8. The first-order valence-corrected chi connectivity index (χ1v) is 17.7. The maximum Gasteiger partial charge on any atom is 0.336 e. The Bertz CT molecular complexity index is 2840. The lowest BCUT2D eigenvalue weighted by molar-refractivity contribution is 0.0651. The Balaban J connectivity index is 0.959. The molecular weight excluding hydrogens is 794 g/mol. The van der Waals surface area contributed by atoms with Gasteiger partial charge in [0.1, 0.15) is 23.0 Å². The average Bonchev–Trinajstić information content (AvgIpc) is 3.49. The van der Waals surface area contributed by atoms with Crippen LogP contribution in [0.2, 0.25) is 0 Å². The molecule has 0 fully saturated rings. The van der Waals surface area contributed by atoms with Crippen LogP contribution in [0.5, 0.6) is 23.0 Å². The summed E-state index contributed by atoms with van der Waals surface area (Å²) in [5.41, 5.74) is -0.463. The van der Waals surface area contributed by atoms with Crippen molar-refractivity contribution in [1.82, 2.24) is 0 Å². The number of hydrogen-bond donors (Lipinski definition) is 6. The zero-order chi connectivity index (χ0) is 43.5. The van der Waals surface area contributed by atoms with Gasteiger partial charge in [-0.1, -0.05) is 0 Å². The van der Waals surface area contributed by atoms with Crippen LogP contribution in [0.4, 0.5) is 17.1 Å². The van der Waals surface area contributed by atoms with E-state index in [9.17, 15) is 58.8 Å². The highest BCUT2D eigenvalue weighted by Crippen LogP contribution is 2.31. The molecule has 1 aliphatic rings. The van der Waals surface area contributed by atoms with Crippen molar-refractivity contribution in [1.29, 1.82) is 0 Å². The molecule has 0 unspecified atom stereocenters. The Morgan fingerprint density at radius 1 is 0.410 bits per heavy atom. The number of carboxylic acid groups (broad SMARTS) is 4. The van der Waals surface area contributed by atoms with Crippen molar-refractivity contribution in [3.05, 3.63) is 172 Å². The van der Waals surface area contributed by atoms with Gasteiger partial charge in [0.15, 0.2) is 0 Å². The van der Waals surface area contributed by atoms with Gasteiger partial charge < -0.3 is 40.5 Å². The summed E-state index contributed by atoms with van der Waals surface area (Å²) in [6.45, 7) is 0. The van der Waals surface area contributed by atoms with E-state index in [2.05, 4.69) is 10.6 Å². The van der Waals surface area contributed by atoms with Crippen molar-refractivity contribution < 1.29 is 68.3 Å². The van der Waals surface area contributed by atoms with Crippen LogP contribution in [0.15, 0.2) is 127 Å². The number of ether oxygens (including phenoxy) is 2. The van der Waals surface area contributed by atoms with Crippen LogP contribution < -0.4 is 25.0 Å². The van der Waals surface area contributed by atoms with Crippen molar-refractivity contribution in [2.45, 2.75) is 0 Å². The minimum atomic E-state index is -1.44. The van der Waals surface area contributed by atoms with Gasteiger partial charge in [-0.3, -0.25) is 19.2 Å². The highest BCUT2D eigenvalue weighted by molar-refractivity contribution is 6.35. The van der Waals surface area contributed by atoms with E-state index in [1.807, 2.05) is 0 Å². The van der Waals surface area contributed by atoms with E-state index >= 15 is 0 Å². The van der Waals surface area contributed by atoms with Gasteiger partial charge in [0.25, 0.3) is 23.6 Å². The number of fused-ring (bicyclic) bond motifs is 1. The van der Waals surface area contributed by atoms with Crippen LogP contribution in [0.1, 0.15) is 82.9 Å². The normalized spacial score (nSPS) is 11.6. The SMILES string of the molecule is O=C(Nc1ccc(Oc2ccc(C(=O)O)c(C(=O)O)c2)cc1)c1ccc(N2C(=O)c3ccc(C(=O)Nc4ccc(Oc5ccc(C(=O)O)c(C(=O)O)c5)cc4)cc3C2=O)cc1. The van der Waals surface area contributed by atoms with Gasteiger partial charge in [-0.05, 0) is 127 Å². The molecule has 4 amide bonds. The van der Waals surface area contributed by atoms with Gasteiger partial charge in [-0.25, -0.2) is 24.1 Å². The van der Waals surface area contributed by atoms with Crippen LogP contribution in [0, 0.1) is 0 Å². The maximum atomic E-state index is 13.5. The maximum absolute atomic E-state index is 13.5. The number of benzene rings is 6. The molecule has 1 aliphatic heterocycles. The zero-order valence-corrected chi connectivity index (χ0v) is 30.9. The van der Waals surface area contributed by atoms with Crippen LogP contribution in [-0.2, 0) is 0 Å². The van der Waals surface area contributed by atoms with Crippen LogP contribution in [-0.4, -0.2) is 67.9 Å². The molecule has 7 rings (SSSR count). The molecule has 17 heteroatoms. The summed E-state index contributed by atoms with van der Waals surface area (Å²) in [5, 5.41) is 42.5. The monoisotopic (exact) mass is 821 g/mol. The van der Waals surface area contributed by atoms with Crippen LogP contribution in [0.25, 0.3) is 0 Å². The number of carboxylic acids is 4. The number of carbonyl (C=O) groups excluding carboxylic acids is 4. The number of aromatic carboxylic acids is 4. The molecule has 0 bridgehead atoms. The largest absolute Gasteiger partial charge is 0.478 e. The smallest absolute Gasteiger partial charge is 0.336 e. The first kappa shape index (κ1) is 40.1. The Kier molecular flexibility index (Phi) is 10.8. The molecule has 0 atom stereocenters. The number of imide groups is 1. The minimum Gasteiger partial charge on any atom is -0.478 e. The second kappa shape index (κ2) is 16.4. The summed E-state index contributed by atoms with van der Waals surface area (Å²) in [7, 11) is 0. The van der Waals surface area contributed by atoms with Gasteiger partial charge in [0.05, 0.1) is 39.1 Å². The van der Waals surface area contributed by atoms with E-state index in [1.54, 1.807) is 0 Å². The van der Waals surface area contributed by atoms with E-state index < -0.39 is 69.8 Å². The number of hydrogen-bond acceptors (Lipinski definition) is 10. The lowest BCUT2D eigenvalue weighted by atomic mass is 10.1. The molecular formula is C44H27N3O14. The molecule has 17 nitrogen and oxygen atoms in total. The van der Waals surface area contributed by atoms with E-state index in [0.29, 0.717) is 11.4 Å². The summed E-state index contributed by atoms with van der Waals surface area (Å²) >= 11 is 0. The Labute approximate surface area is 342 Å². The van der Waals surface area contributed by atoms with Crippen molar-refractivity contribution in [2.75, 3.05) is 15.5 Å². The highest BCUT2D eigenvalue weighted by Gasteiger charge is 2.37. The highest BCUT2D eigenvalue weighted by atomic mass is 16.5. The van der Waals surface area contributed by atoms with Crippen LogP contribution >= 0.6 is 0 Å². The second-order valence-corrected chi connectivity index (χ2v) is 13.0. The predicted octanol–water partition coefficient (Wildman–Crippen LogP) is 7.37. The zero-order valence-electron chi connectivity index (χ0n) is 30.9. The van der Waals surface area contributed by atoms with Gasteiger partial charge >= 0.3 is 23.9 Å². The van der Waals surface area contributed by atoms with Crippen molar-refractivity contribution in [2.24, 2.45) is 0 Å². The lowest BCUT2D eigenvalue weighted by Gasteiger charge is -2.14. The molecule has 0 aliphatic carbocycles. The van der Waals surface area contributed by atoms with E-state index in [1.165, 1.54) is 103 Å². The Hall–Kier alpha value is -9.12. The molecule has 302 valence electrons. The molecule has 0 spiro atoms. The van der Waals surface area contributed by atoms with Crippen LogP contribution in [0.3, 0.4) is 0 Å². The van der Waals surface area contributed by atoms with Gasteiger partial charge in [0.2, 0.25) is 0 Å². The fourth-order valence-corrected chi connectivity index (χ4v) is 6.17. The molecule has 0 saturated carbocycles. The molecule has 61 heavy (non-hydrogen) atoms. The van der Waals surface area contributed by atoms with Crippen molar-refractivity contribution in [3.8, 4) is 23.0 Å². The summed E-state index contributed by atoms with van der Waals surface area (Å²) < 4.78 is 11.3. The summed E-state index contributed by atoms with van der Waals surface area (Å²) in [6.07, 6.45) is 0. The molecule has 0 radical (unpaired) electrons. The third-order valence-electron chi connectivity index (χ3n) is 9.14. The number of nitrogens with zero attached hydrogens (tertiary/aromatic N) is 1. The first-order chi connectivity index (χ1) is 29.2. The Morgan fingerprint density at radius 3 is 1.25 bits per heavy atom. The molecule has 1 heterocycles. The topological polar surface area (TPSA) is 263 Å². The van der Waals surface area contributed by atoms with Gasteiger partial charge in [-0.2, -0.15) is 0 Å². The standard InChI is InChI=1S/C44H27N3O14/c48-37(45-24-4-10-27(11-5-24)60-29-14-17-32(41(52)53)35(20-29)43(56)57)22-1-8-26(9-2-22)47-39(50)31-16-3-23(19-34(31)40(47)51)38(49)46-25-6-12-28(13-7-25)61-30-15-18-33(42(54)55)36(21-30)44(58)59/h1-21H,(H,45,48)(H,46,49)(H,52,53)(H,54,55)(H,56,57)(H,58,59). The van der Waals surface area contributed by atoms with Crippen molar-refractivity contribution >= 4 is 64.6 Å². The number of anilines is 3. The van der Waals surface area contributed by atoms with E-state index in [0.717, 1.165) is 29.2 Å². The molecule has 0 saturated heterocycles. The van der Waals surface area contributed by atoms with Gasteiger partial charge in [-0.15, -0.1) is 0 Å². The van der Waals surface area contributed by atoms with E-state index in [4.69, 9.17) is 9.47 Å². The third kappa shape index (κ3) is 8.46. The lowest BCUT2D eigenvalue weighted by Crippen LogP contribution is -2.29. The first-order valence-electron chi connectivity index (χ1n) is 17.7. The number of rotatable bonds is 13. The number of nitrogens with one attached hydrogen (secondary N) is 2. The van der Waals surface area contributed by atoms with Crippen molar-refractivity contribution in [3.63, 3.8) is 0 Å². The average molecular weight is 822 g/mol. The third-order valence-corrected chi connectivity index (χ3v) is 9.14. The van der Waals surface area contributed by atoms with Gasteiger partial charge in [0, 0.05) is 22.5 Å². The minimum absolute atomic E-state index is 0.00936. The molecule has 6 aromatic rings. The fourth-order valence-electron chi connectivity index (χ4n) is 6.17. The quantitative estimate of drug-likeness (QED) is 0.0622. The van der Waals surface area contributed by atoms with E-state index in [-0.39, 0.29) is 50.9 Å². The number of carbonyl (C=O) groups is 8. The molecule has 6 aromatic carbocycles. The Morgan fingerprint density at radius 2 is 0.803 bits per heavy atom. The molecule has 0 aromatic heterocycles. The summed E-state index contributed by atoms with van der Waals surface area (Å²) in [5.74, 6) is -7.40. The fraction of sp³-hybridized carbons (Fsp3) is 0. The second-order valence-electron chi connectivity index (χ2n) is 13.0.